The number of carbonyl (C=O) groups is 2. The van der Waals surface area contributed by atoms with Crippen molar-refractivity contribution in [2.75, 3.05) is 6.61 Å². The summed E-state index contributed by atoms with van der Waals surface area (Å²) in [4.78, 5) is 24.1. The van der Waals surface area contributed by atoms with Crippen molar-refractivity contribution in [3.8, 4) is 0 Å². The van der Waals surface area contributed by atoms with Gasteiger partial charge in [-0.2, -0.15) is 0 Å². The molecular formula is C16H21FO4. The van der Waals surface area contributed by atoms with Gasteiger partial charge in [-0.25, -0.2) is 4.39 Å². The van der Waals surface area contributed by atoms with Crippen LogP contribution in [0.3, 0.4) is 0 Å². The molecule has 0 aliphatic heterocycles. The molecule has 0 amide bonds. The first-order valence-corrected chi connectivity index (χ1v) is 7.15. The van der Waals surface area contributed by atoms with E-state index in [-0.39, 0.29) is 18.6 Å². The highest BCUT2D eigenvalue weighted by Crippen LogP contribution is 2.33. The van der Waals surface area contributed by atoms with Crippen molar-refractivity contribution < 1.29 is 23.8 Å². The van der Waals surface area contributed by atoms with Gasteiger partial charge in [0.25, 0.3) is 0 Å². The van der Waals surface area contributed by atoms with E-state index in [0.717, 1.165) is 25.0 Å². The van der Waals surface area contributed by atoms with Gasteiger partial charge in [0, 0.05) is 0 Å². The fourth-order valence-corrected chi connectivity index (χ4v) is 2.31. The number of unbranched alkanes of at least 4 members (excludes halogenated alkanes) is 2. The Morgan fingerprint density at radius 1 is 1.19 bits per heavy atom. The minimum atomic E-state index is -1.76. The van der Waals surface area contributed by atoms with Crippen LogP contribution in [0.2, 0.25) is 0 Å². The number of halogens is 1. The number of carboxylic acid groups (broad SMARTS) is 1. The molecule has 1 aromatic carbocycles. The average molecular weight is 296 g/mol. The Bertz CT molecular complexity index is 484. The summed E-state index contributed by atoms with van der Waals surface area (Å²) in [5.41, 5.74) is -1.51. The zero-order valence-corrected chi connectivity index (χ0v) is 12.4. The summed E-state index contributed by atoms with van der Waals surface area (Å²) in [6.07, 6.45) is 2.44. The molecule has 0 aliphatic carbocycles. The summed E-state index contributed by atoms with van der Waals surface area (Å²) >= 11 is 0. The lowest BCUT2D eigenvalue weighted by Crippen LogP contribution is -2.45. The highest BCUT2D eigenvalue weighted by Gasteiger charge is 2.48. The van der Waals surface area contributed by atoms with Gasteiger partial charge in [-0.05, 0) is 31.0 Å². The van der Waals surface area contributed by atoms with Crippen LogP contribution in [-0.4, -0.2) is 23.7 Å². The van der Waals surface area contributed by atoms with Crippen LogP contribution in [0.1, 0.15) is 45.1 Å². The maximum absolute atomic E-state index is 13.1. The van der Waals surface area contributed by atoms with Crippen molar-refractivity contribution in [2.45, 2.75) is 44.9 Å². The van der Waals surface area contributed by atoms with Crippen LogP contribution in [0, 0.1) is 5.82 Å². The normalized spacial score (nSPS) is 13.5. The van der Waals surface area contributed by atoms with Crippen LogP contribution in [-0.2, 0) is 19.7 Å². The third-order valence-electron chi connectivity index (χ3n) is 3.48. The third kappa shape index (κ3) is 3.80. The fraction of sp³-hybridized carbons (Fsp3) is 0.500. The Morgan fingerprint density at radius 3 is 2.29 bits per heavy atom. The summed E-state index contributed by atoms with van der Waals surface area (Å²) < 4.78 is 18.0. The van der Waals surface area contributed by atoms with Crippen LogP contribution >= 0.6 is 0 Å². The van der Waals surface area contributed by atoms with Crippen molar-refractivity contribution in [1.29, 1.82) is 0 Å². The lowest BCUT2D eigenvalue weighted by Gasteiger charge is -2.27. The summed E-state index contributed by atoms with van der Waals surface area (Å²) in [5.74, 6) is -2.53. The molecule has 0 saturated heterocycles. The number of esters is 1. The maximum Gasteiger partial charge on any atom is 0.328 e. The molecule has 116 valence electrons. The van der Waals surface area contributed by atoms with Crippen LogP contribution in [0.25, 0.3) is 0 Å². The van der Waals surface area contributed by atoms with Gasteiger partial charge >= 0.3 is 11.9 Å². The second-order valence-corrected chi connectivity index (χ2v) is 4.89. The van der Waals surface area contributed by atoms with Gasteiger partial charge in [0.05, 0.1) is 6.61 Å². The van der Waals surface area contributed by atoms with E-state index in [4.69, 9.17) is 4.74 Å². The second-order valence-electron chi connectivity index (χ2n) is 4.89. The summed E-state index contributed by atoms with van der Waals surface area (Å²) in [5, 5.41) is 9.65. The molecule has 0 aromatic heterocycles. The number of carbonyl (C=O) groups excluding carboxylic acids is 1. The smallest absolute Gasteiger partial charge is 0.328 e. The topological polar surface area (TPSA) is 63.6 Å². The number of carboxylic acids is 1. The minimum absolute atomic E-state index is 0.100. The molecule has 0 aliphatic rings. The highest BCUT2D eigenvalue weighted by molar-refractivity contribution is 6.05. The van der Waals surface area contributed by atoms with Crippen LogP contribution in [0.5, 0.6) is 0 Å². The van der Waals surface area contributed by atoms with E-state index in [1.54, 1.807) is 6.92 Å². The number of hydrogen-bond donors (Lipinski definition) is 1. The molecule has 1 rings (SSSR count). The molecule has 0 spiro atoms. The van der Waals surface area contributed by atoms with Crippen LogP contribution < -0.4 is 0 Å². The SMILES string of the molecule is CCCCCC(C(=O)O)(C(=O)OCC)c1ccc(F)cc1. The quantitative estimate of drug-likeness (QED) is 0.454. The van der Waals surface area contributed by atoms with Gasteiger partial charge in [-0.15, -0.1) is 0 Å². The Kier molecular flexibility index (Phi) is 6.34. The molecule has 4 nitrogen and oxygen atoms in total. The zero-order chi connectivity index (χ0) is 15.9. The van der Waals surface area contributed by atoms with Crippen LogP contribution in [0.4, 0.5) is 4.39 Å². The van der Waals surface area contributed by atoms with Crippen molar-refractivity contribution in [3.63, 3.8) is 0 Å². The van der Waals surface area contributed by atoms with E-state index in [0.29, 0.717) is 6.42 Å². The summed E-state index contributed by atoms with van der Waals surface area (Å²) in [6, 6.07) is 5.00. The molecule has 0 bridgehead atoms. The molecule has 5 heteroatoms. The van der Waals surface area contributed by atoms with Crippen molar-refractivity contribution in [2.24, 2.45) is 0 Å². The first-order valence-electron chi connectivity index (χ1n) is 7.15. The molecule has 0 radical (unpaired) electrons. The monoisotopic (exact) mass is 296 g/mol. The van der Waals surface area contributed by atoms with Gasteiger partial charge < -0.3 is 9.84 Å². The van der Waals surface area contributed by atoms with Crippen molar-refractivity contribution >= 4 is 11.9 Å². The molecule has 1 unspecified atom stereocenters. The van der Waals surface area contributed by atoms with Gasteiger partial charge in [0.2, 0.25) is 0 Å². The standard InChI is InChI=1S/C16H21FO4/c1-3-5-6-11-16(14(18)19,15(20)21-4-2)12-7-9-13(17)10-8-12/h7-10H,3-6,11H2,1-2H3,(H,18,19). The Labute approximate surface area is 123 Å². The largest absolute Gasteiger partial charge is 0.480 e. The lowest BCUT2D eigenvalue weighted by atomic mass is 9.76. The second kappa shape index (κ2) is 7.76. The van der Waals surface area contributed by atoms with E-state index in [2.05, 4.69) is 0 Å². The molecule has 0 heterocycles. The van der Waals surface area contributed by atoms with Gasteiger partial charge in [0.1, 0.15) is 5.82 Å². The molecule has 1 N–H and O–H groups in total. The predicted molar refractivity (Wildman–Crippen MR) is 76.5 cm³/mol. The van der Waals surface area contributed by atoms with Crippen molar-refractivity contribution in [1.82, 2.24) is 0 Å². The Balaban J connectivity index is 3.25. The first-order chi connectivity index (χ1) is 9.98. The highest BCUT2D eigenvalue weighted by atomic mass is 19.1. The lowest BCUT2D eigenvalue weighted by molar-refractivity contribution is -0.162. The zero-order valence-electron chi connectivity index (χ0n) is 12.4. The molecule has 0 fully saturated rings. The van der Waals surface area contributed by atoms with E-state index in [1.165, 1.54) is 12.1 Å². The number of aliphatic carboxylic acids is 1. The molecule has 0 saturated carbocycles. The number of benzene rings is 1. The maximum atomic E-state index is 13.1. The van der Waals surface area contributed by atoms with Crippen molar-refractivity contribution in [3.05, 3.63) is 35.6 Å². The Hall–Kier alpha value is -1.91. The van der Waals surface area contributed by atoms with Crippen LogP contribution in [0.15, 0.2) is 24.3 Å². The number of ether oxygens (including phenoxy) is 1. The molecule has 21 heavy (non-hydrogen) atoms. The molecular weight excluding hydrogens is 275 g/mol. The number of rotatable bonds is 8. The summed E-state index contributed by atoms with van der Waals surface area (Å²) in [7, 11) is 0. The molecule has 1 aromatic rings. The number of hydrogen-bond acceptors (Lipinski definition) is 3. The third-order valence-corrected chi connectivity index (χ3v) is 3.48. The van der Waals surface area contributed by atoms with Gasteiger partial charge in [-0.3, -0.25) is 9.59 Å². The predicted octanol–water partition coefficient (Wildman–Crippen LogP) is 3.29. The first kappa shape index (κ1) is 17.1. The van der Waals surface area contributed by atoms with E-state index < -0.39 is 23.2 Å². The molecule has 1 atom stereocenters. The van der Waals surface area contributed by atoms with E-state index in [1.807, 2.05) is 6.92 Å². The van der Waals surface area contributed by atoms with E-state index >= 15 is 0 Å². The van der Waals surface area contributed by atoms with Gasteiger partial charge in [-0.1, -0.05) is 38.3 Å². The minimum Gasteiger partial charge on any atom is -0.480 e. The average Bonchev–Trinajstić information content (AvgIpc) is 2.45. The fourth-order valence-electron chi connectivity index (χ4n) is 2.31. The summed E-state index contributed by atoms with van der Waals surface area (Å²) in [6.45, 7) is 3.72. The Morgan fingerprint density at radius 2 is 1.81 bits per heavy atom. The van der Waals surface area contributed by atoms with E-state index in [9.17, 15) is 19.1 Å². The van der Waals surface area contributed by atoms with Gasteiger partial charge in [0.15, 0.2) is 5.41 Å².